The summed E-state index contributed by atoms with van der Waals surface area (Å²) in [6, 6.07) is 17.6. The second-order valence-corrected chi connectivity index (χ2v) is 8.31. The number of aliphatic hydroxyl groups is 1. The van der Waals surface area contributed by atoms with E-state index in [0.717, 1.165) is 35.5 Å². The molecule has 0 bridgehead atoms. The summed E-state index contributed by atoms with van der Waals surface area (Å²) in [4.78, 5) is 14.3. The highest BCUT2D eigenvalue weighted by Crippen LogP contribution is 2.25. The molecule has 1 saturated heterocycles. The number of imidazole rings is 1. The summed E-state index contributed by atoms with van der Waals surface area (Å²) in [5, 5.41) is 13.6. The second kappa shape index (κ2) is 9.66. The van der Waals surface area contributed by atoms with Crippen LogP contribution in [0.2, 0.25) is 5.02 Å². The van der Waals surface area contributed by atoms with Crippen molar-refractivity contribution < 1.29 is 14.6 Å². The van der Waals surface area contributed by atoms with Gasteiger partial charge in [0.1, 0.15) is 5.75 Å². The zero-order valence-corrected chi connectivity index (χ0v) is 18.6. The third kappa shape index (κ3) is 5.19. The van der Waals surface area contributed by atoms with Crippen LogP contribution >= 0.6 is 11.6 Å². The molecule has 2 aromatic heterocycles. The Morgan fingerprint density at radius 3 is 2.70 bits per heavy atom. The maximum atomic E-state index is 9.61. The minimum absolute atomic E-state index is 0.0228. The zero-order chi connectivity index (χ0) is 22.6. The van der Waals surface area contributed by atoms with Crippen LogP contribution in [0.25, 0.3) is 11.0 Å². The van der Waals surface area contributed by atoms with E-state index in [1.54, 1.807) is 18.3 Å². The van der Waals surface area contributed by atoms with Gasteiger partial charge < -0.3 is 29.8 Å². The van der Waals surface area contributed by atoms with E-state index in [0.29, 0.717) is 41.7 Å². The number of benzene rings is 2. The van der Waals surface area contributed by atoms with Gasteiger partial charge in [-0.2, -0.15) is 0 Å². The molecule has 0 unspecified atom stereocenters. The minimum Gasteiger partial charge on any atom is -0.439 e. The molecule has 0 radical (unpaired) electrons. The summed E-state index contributed by atoms with van der Waals surface area (Å²) in [5.41, 5.74) is 3.91. The van der Waals surface area contributed by atoms with Gasteiger partial charge in [-0.1, -0.05) is 23.7 Å². The Hall–Kier alpha value is -3.33. The number of fused-ring (bicyclic) bond motifs is 1. The quantitative estimate of drug-likeness (QED) is 0.340. The van der Waals surface area contributed by atoms with E-state index in [1.165, 1.54) is 0 Å². The molecule has 9 heteroatoms. The molecule has 3 heterocycles. The lowest BCUT2D eigenvalue weighted by atomic mass is 10.2. The Morgan fingerprint density at radius 2 is 2.00 bits per heavy atom. The maximum Gasteiger partial charge on any atom is 0.219 e. The number of aromatic nitrogens is 3. The van der Waals surface area contributed by atoms with E-state index in [1.807, 2.05) is 41.3 Å². The standard InChI is InChI=1S/C24H24ClN5O3/c25-17-3-8-23(26-12-17)33-20-5-1-16(2-6-20)13-30(9-10-31)24-28-21-7-4-18(11-22(21)29-24)27-19-14-32-15-19/h1-8,11-12,19,27,31H,9-10,13-15H2,(H,28,29). The molecule has 1 fully saturated rings. The van der Waals surface area contributed by atoms with E-state index in [9.17, 15) is 5.11 Å². The van der Waals surface area contributed by atoms with Crippen molar-refractivity contribution in [1.82, 2.24) is 15.0 Å². The number of hydrogen-bond acceptors (Lipinski definition) is 7. The molecule has 3 N–H and O–H groups in total. The number of pyridine rings is 1. The van der Waals surface area contributed by atoms with Gasteiger partial charge in [0, 0.05) is 31.0 Å². The summed E-state index contributed by atoms with van der Waals surface area (Å²) < 4.78 is 11.0. The molecule has 1 aliphatic rings. The van der Waals surface area contributed by atoms with Crippen LogP contribution in [0.15, 0.2) is 60.8 Å². The van der Waals surface area contributed by atoms with Crippen molar-refractivity contribution in [2.45, 2.75) is 12.6 Å². The smallest absolute Gasteiger partial charge is 0.219 e. The van der Waals surface area contributed by atoms with Crippen LogP contribution in [0.3, 0.4) is 0 Å². The van der Waals surface area contributed by atoms with Crippen LogP contribution in [-0.2, 0) is 11.3 Å². The Kier molecular flexibility index (Phi) is 6.30. The highest BCUT2D eigenvalue weighted by Gasteiger charge is 2.18. The Labute approximate surface area is 196 Å². The summed E-state index contributed by atoms with van der Waals surface area (Å²) in [5.74, 6) is 1.88. The number of rotatable bonds is 9. The van der Waals surface area contributed by atoms with Gasteiger partial charge >= 0.3 is 0 Å². The van der Waals surface area contributed by atoms with Crippen molar-refractivity contribution in [3.8, 4) is 11.6 Å². The fourth-order valence-electron chi connectivity index (χ4n) is 3.60. The largest absolute Gasteiger partial charge is 0.439 e. The first-order valence-corrected chi connectivity index (χ1v) is 11.1. The van der Waals surface area contributed by atoms with Gasteiger partial charge in [-0.3, -0.25) is 0 Å². The fourth-order valence-corrected chi connectivity index (χ4v) is 3.71. The van der Waals surface area contributed by atoms with Crippen molar-refractivity contribution in [2.24, 2.45) is 0 Å². The highest BCUT2D eigenvalue weighted by molar-refractivity contribution is 6.30. The van der Waals surface area contributed by atoms with E-state index in [-0.39, 0.29) is 6.61 Å². The molecule has 0 atom stereocenters. The molecule has 0 amide bonds. The Bertz CT molecular complexity index is 1210. The zero-order valence-electron chi connectivity index (χ0n) is 17.9. The molecule has 0 spiro atoms. The van der Waals surface area contributed by atoms with Crippen molar-refractivity contribution in [2.75, 3.05) is 36.6 Å². The van der Waals surface area contributed by atoms with Gasteiger partial charge in [0.05, 0.1) is 41.9 Å². The van der Waals surface area contributed by atoms with Crippen LogP contribution < -0.4 is 15.0 Å². The molecule has 0 saturated carbocycles. The molecule has 2 aromatic carbocycles. The number of aromatic amines is 1. The average Bonchev–Trinajstić information content (AvgIpc) is 3.22. The summed E-state index contributed by atoms with van der Waals surface area (Å²) in [7, 11) is 0. The van der Waals surface area contributed by atoms with E-state index in [2.05, 4.69) is 21.4 Å². The lowest BCUT2D eigenvalue weighted by molar-refractivity contribution is 0.0211. The molecule has 33 heavy (non-hydrogen) atoms. The topological polar surface area (TPSA) is 95.5 Å². The van der Waals surface area contributed by atoms with Gasteiger partial charge in [-0.15, -0.1) is 0 Å². The molecule has 1 aliphatic heterocycles. The van der Waals surface area contributed by atoms with E-state index in [4.69, 9.17) is 26.1 Å². The third-order valence-corrected chi connectivity index (χ3v) is 5.59. The van der Waals surface area contributed by atoms with E-state index >= 15 is 0 Å². The number of hydrogen-bond donors (Lipinski definition) is 3. The maximum absolute atomic E-state index is 9.61. The SMILES string of the molecule is OCCN(Cc1ccc(Oc2ccc(Cl)cn2)cc1)c1nc2ccc(NC3COC3)cc2[nH]1. The van der Waals surface area contributed by atoms with Gasteiger partial charge in [0.2, 0.25) is 11.8 Å². The van der Waals surface area contributed by atoms with Crippen LogP contribution in [0.4, 0.5) is 11.6 Å². The highest BCUT2D eigenvalue weighted by atomic mass is 35.5. The van der Waals surface area contributed by atoms with Crippen LogP contribution in [-0.4, -0.2) is 52.5 Å². The number of nitrogens with zero attached hydrogens (tertiary/aromatic N) is 3. The number of ether oxygens (including phenoxy) is 2. The number of halogens is 1. The Balaban J connectivity index is 1.29. The lowest BCUT2D eigenvalue weighted by Gasteiger charge is -2.27. The van der Waals surface area contributed by atoms with E-state index < -0.39 is 0 Å². The first-order valence-electron chi connectivity index (χ1n) is 10.7. The number of nitrogens with one attached hydrogen (secondary N) is 2. The van der Waals surface area contributed by atoms with Crippen molar-refractivity contribution in [1.29, 1.82) is 0 Å². The first-order chi connectivity index (χ1) is 16.2. The third-order valence-electron chi connectivity index (χ3n) is 5.37. The summed E-state index contributed by atoms with van der Waals surface area (Å²) in [6.45, 7) is 2.53. The molecule has 8 nitrogen and oxygen atoms in total. The number of anilines is 2. The fraction of sp³-hybridized carbons (Fsp3) is 0.250. The normalized spacial score (nSPS) is 13.6. The number of H-pyrrole nitrogens is 1. The Morgan fingerprint density at radius 1 is 1.15 bits per heavy atom. The van der Waals surface area contributed by atoms with Crippen LogP contribution in [0.5, 0.6) is 11.6 Å². The van der Waals surface area contributed by atoms with Crippen LogP contribution in [0.1, 0.15) is 5.56 Å². The lowest BCUT2D eigenvalue weighted by Crippen LogP contribution is -2.40. The monoisotopic (exact) mass is 465 g/mol. The predicted molar refractivity (Wildman–Crippen MR) is 128 cm³/mol. The van der Waals surface area contributed by atoms with Gasteiger partial charge in [0.15, 0.2) is 0 Å². The average molecular weight is 466 g/mol. The molecule has 170 valence electrons. The predicted octanol–water partition coefficient (Wildman–Crippen LogP) is 4.21. The second-order valence-electron chi connectivity index (χ2n) is 7.88. The first kappa shape index (κ1) is 21.5. The van der Waals surface area contributed by atoms with Crippen molar-refractivity contribution in [3.63, 3.8) is 0 Å². The van der Waals surface area contributed by atoms with Crippen molar-refractivity contribution >= 4 is 34.3 Å². The minimum atomic E-state index is 0.0228. The van der Waals surface area contributed by atoms with Gasteiger partial charge in [-0.05, 0) is 42.0 Å². The summed E-state index contributed by atoms with van der Waals surface area (Å²) >= 11 is 5.87. The molecular weight excluding hydrogens is 442 g/mol. The van der Waals surface area contributed by atoms with Gasteiger partial charge in [0.25, 0.3) is 0 Å². The van der Waals surface area contributed by atoms with Gasteiger partial charge in [-0.25, -0.2) is 9.97 Å². The summed E-state index contributed by atoms with van der Waals surface area (Å²) in [6.07, 6.45) is 1.55. The van der Waals surface area contributed by atoms with Crippen molar-refractivity contribution in [3.05, 3.63) is 71.4 Å². The molecule has 5 rings (SSSR count). The van der Waals surface area contributed by atoms with Crippen LogP contribution in [0, 0.1) is 0 Å². The number of aliphatic hydroxyl groups excluding tert-OH is 1. The molecular formula is C24H24ClN5O3. The molecule has 0 aliphatic carbocycles. The molecule has 4 aromatic rings.